The van der Waals surface area contributed by atoms with Crippen LogP contribution in [-0.4, -0.2) is 10.9 Å². The summed E-state index contributed by atoms with van der Waals surface area (Å²) in [7, 11) is 0. The lowest BCUT2D eigenvalue weighted by Crippen LogP contribution is -1.90. The Morgan fingerprint density at radius 1 is 1.33 bits per heavy atom. The summed E-state index contributed by atoms with van der Waals surface area (Å²) in [5.41, 5.74) is 1.46. The van der Waals surface area contributed by atoms with Gasteiger partial charge in [-0.15, -0.1) is 0 Å². The molecule has 0 aliphatic heterocycles. The minimum atomic E-state index is 0.0603. The lowest BCUT2D eigenvalue weighted by molar-refractivity contribution is 0.0994. The molecule has 1 aromatic rings. The van der Waals surface area contributed by atoms with Crippen molar-refractivity contribution in [3.63, 3.8) is 0 Å². The summed E-state index contributed by atoms with van der Waals surface area (Å²) in [5.74, 6) is 0.178. The van der Waals surface area contributed by atoms with Crippen LogP contribution >= 0.6 is 11.6 Å². The molecule has 0 aromatic heterocycles. The molecule has 0 spiro atoms. The van der Waals surface area contributed by atoms with Gasteiger partial charge < -0.3 is 5.11 Å². The number of Topliss-reactive ketones (excluding diaryl/α,β-unsaturated/α-hetero) is 1. The first-order chi connectivity index (χ1) is 5.70. The minimum absolute atomic E-state index is 0.0603. The molecule has 0 amide bonds. The quantitative estimate of drug-likeness (QED) is 0.668. The number of carbonyl (C=O) groups is 1. The van der Waals surface area contributed by atoms with Crippen molar-refractivity contribution in [2.75, 3.05) is 0 Å². The number of hydrogen-bond donors (Lipinski definition) is 1. The largest absolute Gasteiger partial charge is 0.506 e. The van der Waals surface area contributed by atoms with E-state index in [0.717, 1.165) is 5.56 Å². The van der Waals surface area contributed by atoms with Crippen LogP contribution in [0.3, 0.4) is 0 Å². The van der Waals surface area contributed by atoms with E-state index < -0.39 is 0 Å². The number of ketones is 1. The van der Waals surface area contributed by atoms with Crippen LogP contribution in [0, 0.1) is 0 Å². The Morgan fingerprint density at radius 2 is 2.08 bits per heavy atom. The second-order valence-electron chi connectivity index (χ2n) is 2.85. The maximum Gasteiger partial charge on any atom is 0.163 e. The summed E-state index contributed by atoms with van der Waals surface area (Å²) in [4.78, 5) is 11.2. The fourth-order valence-electron chi connectivity index (χ4n) is 1.49. The van der Waals surface area contributed by atoms with Crippen LogP contribution in [0.2, 0.25) is 5.02 Å². The van der Waals surface area contributed by atoms with Crippen molar-refractivity contribution in [1.29, 1.82) is 0 Å². The maximum atomic E-state index is 11.2. The molecule has 1 aliphatic rings. The van der Waals surface area contributed by atoms with Crippen LogP contribution in [0.25, 0.3) is 0 Å². The van der Waals surface area contributed by atoms with Gasteiger partial charge in [0.15, 0.2) is 5.78 Å². The molecule has 62 valence electrons. The Morgan fingerprint density at radius 3 is 2.83 bits per heavy atom. The zero-order valence-electron chi connectivity index (χ0n) is 6.30. The number of carbonyl (C=O) groups excluding carboxylic acids is 1. The number of fused-ring (bicyclic) bond motifs is 1. The van der Waals surface area contributed by atoms with Crippen molar-refractivity contribution in [3.05, 3.63) is 28.3 Å². The topological polar surface area (TPSA) is 37.3 Å². The highest BCUT2D eigenvalue weighted by Crippen LogP contribution is 2.34. The van der Waals surface area contributed by atoms with E-state index >= 15 is 0 Å². The second-order valence-corrected chi connectivity index (χ2v) is 3.23. The number of benzene rings is 1. The number of rotatable bonds is 0. The molecule has 0 atom stereocenters. The molecule has 0 unspecified atom stereocenters. The molecule has 2 nitrogen and oxygen atoms in total. The predicted octanol–water partition coefficient (Wildman–Crippen LogP) is 2.17. The van der Waals surface area contributed by atoms with Crippen molar-refractivity contribution in [2.24, 2.45) is 0 Å². The third-order valence-corrected chi connectivity index (χ3v) is 2.55. The van der Waals surface area contributed by atoms with E-state index in [1.54, 1.807) is 6.07 Å². The molecule has 12 heavy (non-hydrogen) atoms. The van der Waals surface area contributed by atoms with Gasteiger partial charge in [0.05, 0.1) is 5.02 Å². The van der Waals surface area contributed by atoms with Crippen molar-refractivity contribution in [2.45, 2.75) is 12.8 Å². The van der Waals surface area contributed by atoms with E-state index in [1.807, 2.05) is 0 Å². The van der Waals surface area contributed by atoms with Crippen LogP contribution in [0.15, 0.2) is 12.1 Å². The molecular formula is C9H7ClO2. The maximum absolute atomic E-state index is 11.2. The SMILES string of the molecule is O=C1CCc2c1ccc(O)c2Cl. The summed E-state index contributed by atoms with van der Waals surface area (Å²) in [6, 6.07) is 3.09. The predicted molar refractivity (Wildman–Crippen MR) is 45.8 cm³/mol. The van der Waals surface area contributed by atoms with Gasteiger partial charge in [0.2, 0.25) is 0 Å². The van der Waals surface area contributed by atoms with Crippen LogP contribution < -0.4 is 0 Å². The first-order valence-electron chi connectivity index (χ1n) is 3.73. The molecular weight excluding hydrogens is 176 g/mol. The molecule has 0 radical (unpaired) electrons. The monoisotopic (exact) mass is 182 g/mol. The van der Waals surface area contributed by atoms with Gasteiger partial charge in [-0.05, 0) is 24.1 Å². The highest BCUT2D eigenvalue weighted by molar-refractivity contribution is 6.33. The first-order valence-corrected chi connectivity index (χ1v) is 4.11. The number of phenolic OH excluding ortho intramolecular Hbond substituents is 1. The highest BCUT2D eigenvalue weighted by Gasteiger charge is 2.22. The Hall–Kier alpha value is -1.02. The molecule has 0 bridgehead atoms. The summed E-state index contributed by atoms with van der Waals surface area (Å²) in [6.07, 6.45) is 1.17. The Bertz CT molecular complexity index is 358. The number of halogens is 1. The number of hydrogen-bond acceptors (Lipinski definition) is 2. The first kappa shape index (κ1) is 7.62. The van der Waals surface area contributed by atoms with Crippen LogP contribution in [0.1, 0.15) is 22.3 Å². The van der Waals surface area contributed by atoms with Gasteiger partial charge in [-0.1, -0.05) is 11.6 Å². The second kappa shape index (κ2) is 2.49. The standard InChI is InChI=1S/C9H7ClO2/c10-9-6-2-3-7(11)5(6)1-4-8(9)12/h1,4,12H,2-3H2. The summed E-state index contributed by atoms with van der Waals surface area (Å²) in [6.45, 7) is 0. The normalized spacial score (nSPS) is 14.9. The van der Waals surface area contributed by atoms with E-state index in [9.17, 15) is 9.90 Å². The fourth-order valence-corrected chi connectivity index (χ4v) is 1.75. The molecule has 3 heteroatoms. The summed E-state index contributed by atoms with van der Waals surface area (Å²) >= 11 is 5.80. The molecule has 2 rings (SSSR count). The third-order valence-electron chi connectivity index (χ3n) is 2.13. The highest BCUT2D eigenvalue weighted by atomic mass is 35.5. The molecule has 0 fully saturated rings. The van der Waals surface area contributed by atoms with Gasteiger partial charge in [-0.25, -0.2) is 0 Å². The van der Waals surface area contributed by atoms with Crippen molar-refractivity contribution < 1.29 is 9.90 Å². The van der Waals surface area contributed by atoms with Gasteiger partial charge in [-0.2, -0.15) is 0 Å². The molecule has 0 saturated heterocycles. The van der Waals surface area contributed by atoms with Crippen LogP contribution in [-0.2, 0) is 6.42 Å². The average molecular weight is 183 g/mol. The van der Waals surface area contributed by atoms with E-state index in [4.69, 9.17) is 11.6 Å². The fraction of sp³-hybridized carbons (Fsp3) is 0.222. The van der Waals surface area contributed by atoms with Crippen LogP contribution in [0.4, 0.5) is 0 Å². The van der Waals surface area contributed by atoms with Crippen LogP contribution in [0.5, 0.6) is 5.75 Å². The van der Waals surface area contributed by atoms with Crippen molar-refractivity contribution >= 4 is 17.4 Å². The minimum Gasteiger partial charge on any atom is -0.506 e. The van der Waals surface area contributed by atoms with E-state index in [-0.39, 0.29) is 11.5 Å². The van der Waals surface area contributed by atoms with Gasteiger partial charge >= 0.3 is 0 Å². The molecule has 1 aromatic carbocycles. The number of phenols is 1. The van der Waals surface area contributed by atoms with Crippen molar-refractivity contribution in [3.8, 4) is 5.75 Å². The molecule has 1 N–H and O–H groups in total. The average Bonchev–Trinajstić information content (AvgIpc) is 2.41. The Balaban J connectivity index is 2.68. The number of aromatic hydroxyl groups is 1. The van der Waals surface area contributed by atoms with Gasteiger partial charge in [-0.3, -0.25) is 4.79 Å². The lowest BCUT2D eigenvalue weighted by Gasteiger charge is -2.01. The van der Waals surface area contributed by atoms with E-state index in [0.29, 0.717) is 23.4 Å². The lowest BCUT2D eigenvalue weighted by atomic mass is 10.1. The zero-order chi connectivity index (χ0) is 8.72. The zero-order valence-corrected chi connectivity index (χ0v) is 7.06. The van der Waals surface area contributed by atoms with E-state index in [2.05, 4.69) is 0 Å². The van der Waals surface area contributed by atoms with Gasteiger partial charge in [0.25, 0.3) is 0 Å². The van der Waals surface area contributed by atoms with Gasteiger partial charge in [0.1, 0.15) is 5.75 Å². The van der Waals surface area contributed by atoms with E-state index in [1.165, 1.54) is 6.07 Å². The van der Waals surface area contributed by atoms with Gasteiger partial charge in [0, 0.05) is 12.0 Å². The van der Waals surface area contributed by atoms with Crippen molar-refractivity contribution in [1.82, 2.24) is 0 Å². The molecule has 0 saturated carbocycles. The Labute approximate surface area is 74.8 Å². The molecule has 0 heterocycles. The summed E-state index contributed by atoms with van der Waals surface area (Å²) < 4.78 is 0. The third kappa shape index (κ3) is 0.916. The smallest absolute Gasteiger partial charge is 0.163 e. The Kier molecular flexibility index (Phi) is 1.58. The molecule has 1 aliphatic carbocycles. The summed E-state index contributed by atoms with van der Waals surface area (Å²) in [5, 5.41) is 9.56.